The number of benzene rings is 1. The van der Waals surface area contributed by atoms with E-state index in [1.165, 1.54) is 12.1 Å². The van der Waals surface area contributed by atoms with Gasteiger partial charge in [-0.2, -0.15) is 0 Å². The number of nitro groups is 1. The van der Waals surface area contributed by atoms with Crippen LogP contribution in [0.25, 0.3) is 0 Å². The molecule has 0 saturated heterocycles. The third-order valence-electron chi connectivity index (χ3n) is 1.68. The van der Waals surface area contributed by atoms with Crippen molar-refractivity contribution in [2.24, 2.45) is 0 Å². The average Bonchev–Trinajstić information content (AvgIpc) is 2.17. The molecule has 1 rings (SSSR count). The molecule has 0 N–H and O–H groups in total. The van der Waals surface area contributed by atoms with E-state index in [1.54, 1.807) is 19.9 Å². The van der Waals surface area contributed by atoms with Gasteiger partial charge < -0.3 is 4.74 Å². The molecule has 0 atom stereocenters. The Kier molecular flexibility index (Phi) is 3.29. The molecule has 4 heteroatoms. The largest absolute Gasteiger partial charge is 0.484 e. The van der Waals surface area contributed by atoms with Crippen molar-refractivity contribution in [3.05, 3.63) is 33.9 Å². The minimum Gasteiger partial charge on any atom is -0.484 e. The number of rotatable bonds is 3. The van der Waals surface area contributed by atoms with Gasteiger partial charge in [0.1, 0.15) is 0 Å². The highest BCUT2D eigenvalue weighted by Crippen LogP contribution is 2.28. The molecule has 0 spiro atoms. The van der Waals surface area contributed by atoms with Crippen LogP contribution in [0.5, 0.6) is 5.75 Å². The molecule has 0 amide bonds. The lowest BCUT2D eigenvalue weighted by Gasteiger charge is -2.09. The van der Waals surface area contributed by atoms with E-state index in [4.69, 9.17) is 11.2 Å². The van der Waals surface area contributed by atoms with Gasteiger partial charge in [-0.25, -0.2) is 0 Å². The maximum absolute atomic E-state index is 10.7. The summed E-state index contributed by atoms with van der Waals surface area (Å²) in [5, 5.41) is 10.7. The first-order chi connectivity index (χ1) is 7.04. The fourth-order valence-corrected chi connectivity index (χ4v) is 1.10. The summed E-state index contributed by atoms with van der Waals surface area (Å²) < 4.78 is 5.30. The van der Waals surface area contributed by atoms with Crippen molar-refractivity contribution in [3.63, 3.8) is 0 Å². The molecule has 1 aromatic rings. The molecular weight excluding hydrogens is 194 g/mol. The summed E-state index contributed by atoms with van der Waals surface area (Å²) in [6.07, 6.45) is 5.05. The Labute approximate surface area is 88.0 Å². The maximum Gasteiger partial charge on any atom is 0.312 e. The van der Waals surface area contributed by atoms with Gasteiger partial charge in [0, 0.05) is 11.6 Å². The summed E-state index contributed by atoms with van der Waals surface area (Å²) in [7, 11) is 0. The molecule has 0 aliphatic carbocycles. The van der Waals surface area contributed by atoms with E-state index in [0.717, 1.165) is 0 Å². The van der Waals surface area contributed by atoms with Crippen LogP contribution in [0.1, 0.15) is 19.4 Å². The van der Waals surface area contributed by atoms with Gasteiger partial charge in [-0.05, 0) is 26.0 Å². The molecule has 0 radical (unpaired) electrons. The van der Waals surface area contributed by atoms with E-state index in [2.05, 4.69) is 5.92 Å². The first-order valence-corrected chi connectivity index (χ1v) is 4.46. The van der Waals surface area contributed by atoms with Crippen LogP contribution in [-0.2, 0) is 0 Å². The van der Waals surface area contributed by atoms with Crippen molar-refractivity contribution in [1.29, 1.82) is 0 Å². The van der Waals surface area contributed by atoms with Crippen molar-refractivity contribution < 1.29 is 9.66 Å². The Hall–Kier alpha value is -2.02. The number of hydrogen-bond donors (Lipinski definition) is 0. The van der Waals surface area contributed by atoms with Crippen LogP contribution in [0.15, 0.2) is 18.2 Å². The third-order valence-corrected chi connectivity index (χ3v) is 1.68. The SMILES string of the molecule is C#Cc1ccc(OC(C)C)c([N+](=O)[O-])c1. The molecule has 0 unspecified atom stereocenters. The summed E-state index contributed by atoms with van der Waals surface area (Å²) in [5.41, 5.74) is 0.372. The Morgan fingerprint density at radius 3 is 2.67 bits per heavy atom. The minimum absolute atomic E-state index is 0.0980. The van der Waals surface area contributed by atoms with Gasteiger partial charge in [0.15, 0.2) is 5.75 Å². The van der Waals surface area contributed by atoms with Crippen LogP contribution >= 0.6 is 0 Å². The Bertz CT molecular complexity index is 418. The summed E-state index contributed by atoms with van der Waals surface area (Å²) in [6, 6.07) is 4.47. The monoisotopic (exact) mass is 205 g/mol. The predicted molar refractivity (Wildman–Crippen MR) is 56.8 cm³/mol. The van der Waals surface area contributed by atoms with Gasteiger partial charge in [-0.15, -0.1) is 6.42 Å². The first-order valence-electron chi connectivity index (χ1n) is 4.46. The van der Waals surface area contributed by atoms with Gasteiger partial charge >= 0.3 is 5.69 Å². The zero-order valence-electron chi connectivity index (χ0n) is 8.56. The second-order valence-corrected chi connectivity index (χ2v) is 3.25. The van der Waals surface area contributed by atoms with Crippen molar-refractivity contribution in [1.82, 2.24) is 0 Å². The van der Waals surface area contributed by atoms with Crippen LogP contribution < -0.4 is 4.74 Å². The van der Waals surface area contributed by atoms with Gasteiger partial charge in [0.05, 0.1) is 11.0 Å². The molecule has 1 aromatic carbocycles. The molecule has 0 heterocycles. The number of nitro benzene ring substituents is 1. The highest BCUT2D eigenvalue weighted by atomic mass is 16.6. The van der Waals surface area contributed by atoms with Crippen molar-refractivity contribution in [3.8, 4) is 18.1 Å². The lowest BCUT2D eigenvalue weighted by atomic mass is 10.2. The first kappa shape index (κ1) is 11.1. The van der Waals surface area contributed by atoms with Crippen molar-refractivity contribution >= 4 is 5.69 Å². The zero-order valence-corrected chi connectivity index (χ0v) is 8.56. The Morgan fingerprint density at radius 1 is 1.53 bits per heavy atom. The number of ether oxygens (including phenoxy) is 1. The topological polar surface area (TPSA) is 52.4 Å². The lowest BCUT2D eigenvalue weighted by molar-refractivity contribution is -0.386. The number of nitrogens with zero attached hydrogens (tertiary/aromatic N) is 1. The highest BCUT2D eigenvalue weighted by molar-refractivity contribution is 5.52. The van der Waals surface area contributed by atoms with Crippen LogP contribution in [0, 0.1) is 22.5 Å². The molecule has 0 aromatic heterocycles. The molecular formula is C11H11NO3. The Balaban J connectivity index is 3.16. The molecule has 0 aliphatic rings. The quantitative estimate of drug-likeness (QED) is 0.432. The van der Waals surface area contributed by atoms with Crippen LogP contribution in [0.2, 0.25) is 0 Å². The van der Waals surface area contributed by atoms with Crippen LogP contribution in [0.4, 0.5) is 5.69 Å². The normalized spacial score (nSPS) is 9.73. The highest BCUT2D eigenvalue weighted by Gasteiger charge is 2.16. The summed E-state index contributed by atoms with van der Waals surface area (Å²) in [5.74, 6) is 2.59. The molecule has 0 fully saturated rings. The van der Waals surface area contributed by atoms with E-state index < -0.39 is 4.92 Å². The summed E-state index contributed by atoms with van der Waals surface area (Å²) in [4.78, 5) is 10.2. The second kappa shape index (κ2) is 4.47. The molecule has 0 bridgehead atoms. The van der Waals surface area contributed by atoms with Crippen LogP contribution in [0.3, 0.4) is 0 Å². The van der Waals surface area contributed by atoms with E-state index in [9.17, 15) is 10.1 Å². The number of hydrogen-bond acceptors (Lipinski definition) is 3. The fraction of sp³-hybridized carbons (Fsp3) is 0.273. The van der Waals surface area contributed by atoms with E-state index in [1.807, 2.05) is 0 Å². The number of terminal acetylenes is 1. The van der Waals surface area contributed by atoms with Gasteiger partial charge in [0.2, 0.25) is 0 Å². The molecule has 0 saturated carbocycles. The second-order valence-electron chi connectivity index (χ2n) is 3.25. The zero-order chi connectivity index (χ0) is 11.4. The average molecular weight is 205 g/mol. The molecule has 78 valence electrons. The third kappa shape index (κ3) is 2.71. The van der Waals surface area contributed by atoms with Crippen molar-refractivity contribution in [2.75, 3.05) is 0 Å². The maximum atomic E-state index is 10.7. The standard InChI is InChI=1S/C11H11NO3/c1-4-9-5-6-11(15-8(2)3)10(7-9)12(13)14/h1,5-8H,2-3H3. The smallest absolute Gasteiger partial charge is 0.312 e. The predicted octanol–water partition coefficient (Wildman–Crippen LogP) is 2.36. The fourth-order valence-electron chi connectivity index (χ4n) is 1.10. The van der Waals surface area contributed by atoms with Gasteiger partial charge in [-0.1, -0.05) is 5.92 Å². The van der Waals surface area contributed by atoms with E-state index in [0.29, 0.717) is 5.56 Å². The Morgan fingerprint density at radius 2 is 2.20 bits per heavy atom. The van der Waals surface area contributed by atoms with Gasteiger partial charge in [-0.3, -0.25) is 10.1 Å². The van der Waals surface area contributed by atoms with Crippen LogP contribution in [-0.4, -0.2) is 11.0 Å². The van der Waals surface area contributed by atoms with Gasteiger partial charge in [0.25, 0.3) is 0 Å². The lowest BCUT2D eigenvalue weighted by Crippen LogP contribution is -2.07. The van der Waals surface area contributed by atoms with Crippen molar-refractivity contribution in [2.45, 2.75) is 20.0 Å². The molecule has 0 aliphatic heterocycles. The van der Waals surface area contributed by atoms with E-state index >= 15 is 0 Å². The summed E-state index contributed by atoms with van der Waals surface area (Å²) >= 11 is 0. The summed E-state index contributed by atoms with van der Waals surface area (Å²) in [6.45, 7) is 3.61. The molecule has 4 nitrogen and oxygen atoms in total. The minimum atomic E-state index is -0.501. The molecule has 15 heavy (non-hydrogen) atoms. The van der Waals surface area contributed by atoms with E-state index in [-0.39, 0.29) is 17.5 Å².